The summed E-state index contributed by atoms with van der Waals surface area (Å²) in [6.45, 7) is 1.68. The van der Waals surface area contributed by atoms with Crippen LogP contribution in [0.2, 0.25) is 0 Å². The highest BCUT2D eigenvalue weighted by molar-refractivity contribution is 5.35. The fraction of sp³-hybridized carbons (Fsp3) is 0.312. The zero-order valence-corrected chi connectivity index (χ0v) is 12.4. The van der Waals surface area contributed by atoms with Crippen LogP contribution in [-0.4, -0.2) is 10.1 Å². The number of pyridine rings is 1. The van der Waals surface area contributed by atoms with E-state index in [-0.39, 0.29) is 12.5 Å². The van der Waals surface area contributed by atoms with Crippen LogP contribution in [0.3, 0.4) is 0 Å². The van der Waals surface area contributed by atoms with E-state index >= 15 is 0 Å². The monoisotopic (exact) mass is 349 g/mol. The lowest BCUT2D eigenvalue weighted by Gasteiger charge is -2.17. The summed E-state index contributed by atoms with van der Waals surface area (Å²) >= 11 is 0. The average Bonchev–Trinajstić information content (AvgIpc) is 2.45. The molecule has 130 valence electrons. The van der Waals surface area contributed by atoms with Crippen LogP contribution in [-0.2, 0) is 18.8 Å². The molecule has 2 nitrogen and oxygen atoms in total. The minimum absolute atomic E-state index is 0.0289. The van der Waals surface area contributed by atoms with Gasteiger partial charge in [0.15, 0.2) is 0 Å². The SMILES string of the molecule is Cc1cccc(CC(O)c2cc(C(F)(F)F)cc(C(F)(F)F)c2)n1. The molecule has 2 rings (SSSR count). The molecule has 0 spiro atoms. The largest absolute Gasteiger partial charge is 0.416 e. The van der Waals surface area contributed by atoms with E-state index in [2.05, 4.69) is 4.98 Å². The van der Waals surface area contributed by atoms with Crippen molar-refractivity contribution < 1.29 is 31.4 Å². The summed E-state index contributed by atoms with van der Waals surface area (Å²) in [6, 6.07) is 5.93. The minimum atomic E-state index is -4.95. The summed E-state index contributed by atoms with van der Waals surface area (Å²) in [5, 5.41) is 10.1. The lowest BCUT2D eigenvalue weighted by molar-refractivity contribution is -0.143. The number of benzene rings is 1. The molecule has 8 heteroatoms. The Bertz CT molecular complexity index is 691. The highest BCUT2D eigenvalue weighted by Gasteiger charge is 2.37. The van der Waals surface area contributed by atoms with Gasteiger partial charge in [0.1, 0.15) is 0 Å². The number of rotatable bonds is 3. The van der Waals surface area contributed by atoms with E-state index in [9.17, 15) is 31.4 Å². The van der Waals surface area contributed by atoms with Crippen LogP contribution in [0.1, 0.15) is 34.2 Å². The number of hydrogen-bond donors (Lipinski definition) is 1. The van der Waals surface area contributed by atoms with Crippen LogP contribution in [0.25, 0.3) is 0 Å². The molecule has 0 aliphatic heterocycles. The third-order valence-corrected chi connectivity index (χ3v) is 3.34. The number of nitrogens with zero attached hydrogens (tertiary/aromatic N) is 1. The number of alkyl halides is 6. The fourth-order valence-corrected chi connectivity index (χ4v) is 2.20. The van der Waals surface area contributed by atoms with Gasteiger partial charge in [-0.2, -0.15) is 26.3 Å². The molecule has 1 aromatic heterocycles. The number of aliphatic hydroxyl groups excluding tert-OH is 1. The summed E-state index contributed by atoms with van der Waals surface area (Å²) in [6.07, 6.45) is -11.6. The predicted octanol–water partition coefficient (Wildman–Crippen LogP) is 4.70. The smallest absolute Gasteiger partial charge is 0.388 e. The summed E-state index contributed by atoms with van der Waals surface area (Å²) in [7, 11) is 0. The maximum absolute atomic E-state index is 12.8. The minimum Gasteiger partial charge on any atom is -0.388 e. The van der Waals surface area contributed by atoms with Gasteiger partial charge in [-0.05, 0) is 42.8 Å². The second-order valence-corrected chi connectivity index (χ2v) is 5.33. The molecule has 0 aliphatic rings. The van der Waals surface area contributed by atoms with Crippen LogP contribution < -0.4 is 0 Å². The molecule has 0 radical (unpaired) electrons. The first-order valence-electron chi connectivity index (χ1n) is 6.87. The Morgan fingerprint density at radius 2 is 1.50 bits per heavy atom. The molecule has 1 atom stereocenters. The van der Waals surface area contributed by atoms with E-state index in [0.29, 0.717) is 23.5 Å². The van der Waals surface area contributed by atoms with Crippen LogP contribution in [0.15, 0.2) is 36.4 Å². The van der Waals surface area contributed by atoms with Gasteiger partial charge in [-0.25, -0.2) is 0 Å². The topological polar surface area (TPSA) is 33.1 Å². The predicted molar refractivity (Wildman–Crippen MR) is 74.1 cm³/mol. The third-order valence-electron chi connectivity index (χ3n) is 3.34. The van der Waals surface area contributed by atoms with E-state index in [1.807, 2.05) is 0 Å². The highest BCUT2D eigenvalue weighted by Crippen LogP contribution is 2.37. The Morgan fingerprint density at radius 1 is 0.958 bits per heavy atom. The second-order valence-electron chi connectivity index (χ2n) is 5.33. The molecular formula is C16H13F6NO. The maximum atomic E-state index is 12.8. The van der Waals surface area contributed by atoms with Gasteiger partial charge in [0.2, 0.25) is 0 Å². The van der Waals surface area contributed by atoms with Gasteiger partial charge >= 0.3 is 12.4 Å². The third kappa shape index (κ3) is 4.47. The lowest BCUT2D eigenvalue weighted by atomic mass is 9.98. The average molecular weight is 349 g/mol. The Kier molecular flexibility index (Phi) is 4.89. The zero-order chi connectivity index (χ0) is 18.1. The maximum Gasteiger partial charge on any atom is 0.416 e. The van der Waals surface area contributed by atoms with Gasteiger partial charge in [0.25, 0.3) is 0 Å². The summed E-state index contributed by atoms with van der Waals surface area (Å²) in [5.41, 5.74) is -2.37. The molecule has 0 saturated carbocycles. The van der Waals surface area contributed by atoms with Crippen molar-refractivity contribution in [2.45, 2.75) is 31.8 Å². The van der Waals surface area contributed by atoms with E-state index in [1.165, 1.54) is 6.07 Å². The van der Waals surface area contributed by atoms with Crippen LogP contribution in [0.5, 0.6) is 0 Å². The molecule has 24 heavy (non-hydrogen) atoms. The Hall–Kier alpha value is -2.09. The fourth-order valence-electron chi connectivity index (χ4n) is 2.20. The summed E-state index contributed by atoms with van der Waals surface area (Å²) in [4.78, 5) is 4.08. The summed E-state index contributed by atoms with van der Waals surface area (Å²) in [5.74, 6) is 0. The summed E-state index contributed by atoms with van der Waals surface area (Å²) < 4.78 is 76.9. The molecule has 0 amide bonds. The molecular weight excluding hydrogens is 336 g/mol. The first-order valence-corrected chi connectivity index (χ1v) is 6.87. The van der Waals surface area contributed by atoms with Gasteiger partial charge in [0.05, 0.1) is 17.2 Å². The number of halogens is 6. The Morgan fingerprint density at radius 3 is 1.96 bits per heavy atom. The van der Waals surface area contributed by atoms with Crippen LogP contribution in [0, 0.1) is 6.92 Å². The van der Waals surface area contributed by atoms with Crippen molar-refractivity contribution in [1.82, 2.24) is 4.98 Å². The van der Waals surface area contributed by atoms with Crippen LogP contribution >= 0.6 is 0 Å². The molecule has 1 heterocycles. The van der Waals surface area contributed by atoms with Crippen molar-refractivity contribution >= 4 is 0 Å². The molecule has 0 fully saturated rings. The molecule has 0 aliphatic carbocycles. The van der Waals surface area contributed by atoms with E-state index < -0.39 is 35.1 Å². The standard InChI is InChI=1S/C16H13F6NO/c1-9-3-2-4-13(23-9)8-14(24)10-5-11(15(17,18)19)7-12(6-10)16(20,21)22/h2-7,14,24H,8H2,1H3. The lowest BCUT2D eigenvalue weighted by Crippen LogP contribution is -2.14. The van der Waals surface area contributed by atoms with Gasteiger partial charge < -0.3 is 5.11 Å². The molecule has 1 unspecified atom stereocenters. The molecule has 2 aromatic rings. The van der Waals surface area contributed by atoms with Gasteiger partial charge in [0, 0.05) is 17.8 Å². The van der Waals surface area contributed by atoms with Gasteiger partial charge in [-0.1, -0.05) is 6.07 Å². The van der Waals surface area contributed by atoms with Crippen molar-refractivity contribution in [1.29, 1.82) is 0 Å². The van der Waals surface area contributed by atoms with E-state index in [0.717, 1.165) is 0 Å². The molecule has 0 bridgehead atoms. The molecule has 0 saturated heterocycles. The van der Waals surface area contributed by atoms with Crippen molar-refractivity contribution in [2.75, 3.05) is 0 Å². The number of aromatic nitrogens is 1. The molecule has 1 N–H and O–H groups in total. The van der Waals surface area contributed by atoms with E-state index in [1.54, 1.807) is 19.1 Å². The van der Waals surface area contributed by atoms with Crippen molar-refractivity contribution in [2.24, 2.45) is 0 Å². The van der Waals surface area contributed by atoms with Crippen molar-refractivity contribution in [3.8, 4) is 0 Å². The van der Waals surface area contributed by atoms with Crippen molar-refractivity contribution in [3.63, 3.8) is 0 Å². The zero-order valence-electron chi connectivity index (χ0n) is 12.4. The second kappa shape index (κ2) is 6.43. The number of hydrogen-bond acceptors (Lipinski definition) is 2. The van der Waals surface area contributed by atoms with Crippen molar-refractivity contribution in [3.05, 3.63) is 64.5 Å². The highest BCUT2D eigenvalue weighted by atomic mass is 19.4. The Balaban J connectivity index is 2.41. The quantitative estimate of drug-likeness (QED) is 0.815. The van der Waals surface area contributed by atoms with E-state index in [4.69, 9.17) is 0 Å². The van der Waals surface area contributed by atoms with Gasteiger partial charge in [-0.15, -0.1) is 0 Å². The first-order chi connectivity index (χ1) is 11.0. The van der Waals surface area contributed by atoms with Gasteiger partial charge in [-0.3, -0.25) is 4.98 Å². The molecule has 1 aromatic carbocycles. The Labute approximate surface area is 133 Å². The normalized spacial score (nSPS) is 13.8. The number of aryl methyl sites for hydroxylation is 1. The number of aliphatic hydroxyl groups is 1. The first kappa shape index (κ1) is 18.3. The van der Waals surface area contributed by atoms with Crippen LogP contribution in [0.4, 0.5) is 26.3 Å².